The Bertz CT molecular complexity index is 4810. The number of phenols is 2. The van der Waals surface area contributed by atoms with Crippen molar-refractivity contribution < 1.29 is 105 Å². The third kappa shape index (κ3) is 14.9. The van der Waals surface area contributed by atoms with Crippen molar-refractivity contribution in [2.75, 3.05) is 20.0 Å². The van der Waals surface area contributed by atoms with Gasteiger partial charge in [-0.25, -0.2) is 0 Å². The molecule has 0 saturated carbocycles. The number of rotatable bonds is 18. The first-order valence-corrected chi connectivity index (χ1v) is 31.0. The quantitative estimate of drug-likeness (QED) is 0.0110. The number of aromatic hydroxyl groups is 2. The van der Waals surface area contributed by atoms with Gasteiger partial charge in [0.25, 0.3) is 66.4 Å². The van der Waals surface area contributed by atoms with Crippen LogP contribution < -0.4 is 5.73 Å². The Morgan fingerprint density at radius 3 is 1.49 bits per heavy atom. The monoisotopic (exact) mass is 1290 g/mol. The van der Waals surface area contributed by atoms with Gasteiger partial charge >= 0.3 is 10.6 Å². The van der Waals surface area contributed by atoms with Gasteiger partial charge in [-0.2, -0.15) is 65.8 Å². The lowest BCUT2D eigenvalue weighted by Gasteiger charge is -2.16. The van der Waals surface area contributed by atoms with E-state index in [2.05, 4.69) is 49.3 Å². The first-order chi connectivity index (χ1) is 38.4. The van der Waals surface area contributed by atoms with Gasteiger partial charge in [-0.05, 0) is 84.9 Å². The minimum absolute atomic E-state index is 0.0181. The fourth-order valence-corrected chi connectivity index (χ4v) is 11.3. The van der Waals surface area contributed by atoms with Crippen LogP contribution in [0.3, 0.4) is 0 Å². The average Bonchev–Trinajstić information content (AvgIpc) is 2.85. The number of fused-ring (bicyclic) bond motifs is 2. The summed E-state index contributed by atoms with van der Waals surface area (Å²) >= 11 is 0. The van der Waals surface area contributed by atoms with E-state index in [4.69, 9.17) is 22.9 Å². The van der Waals surface area contributed by atoms with E-state index < -0.39 is 180 Å². The lowest BCUT2D eigenvalue weighted by atomic mass is 10.0. The van der Waals surface area contributed by atoms with Crippen LogP contribution in [0, 0.1) is 10.1 Å². The molecule has 7 aromatic carbocycles. The highest BCUT2D eigenvalue weighted by Gasteiger charge is 2.31. The molecule has 7 rings (SSSR count). The van der Waals surface area contributed by atoms with Gasteiger partial charge in [0.15, 0.2) is 11.5 Å². The van der Waals surface area contributed by atoms with E-state index in [0.717, 1.165) is 30.3 Å². The van der Waals surface area contributed by atoms with E-state index in [1.165, 1.54) is 36.4 Å². The molecule has 438 valence electrons. The minimum atomic E-state index is -5.58. The number of nitrogens with two attached hydrogens (primary N) is 1. The topological polar surface area (TPSA) is 564 Å². The molecule has 0 aliphatic carbocycles. The summed E-state index contributed by atoms with van der Waals surface area (Å²) in [6, 6.07) is 15.6. The molecule has 0 radical (unpaired) electrons. The van der Waals surface area contributed by atoms with Gasteiger partial charge < -0.3 is 15.9 Å². The summed E-state index contributed by atoms with van der Waals surface area (Å²) in [7, 11) is -32.2. The Labute approximate surface area is 467 Å². The molecule has 0 spiro atoms. The van der Waals surface area contributed by atoms with Crippen molar-refractivity contribution in [1.29, 1.82) is 0 Å². The molecule has 0 atom stereocenters. The molecule has 42 heteroatoms. The van der Waals surface area contributed by atoms with Crippen LogP contribution in [-0.4, -0.2) is 111 Å². The van der Waals surface area contributed by atoms with E-state index in [1.54, 1.807) is 0 Å². The molecule has 0 amide bonds. The van der Waals surface area contributed by atoms with Crippen LogP contribution in [-0.2, 0) is 85.4 Å². The maximum atomic E-state index is 13.4. The van der Waals surface area contributed by atoms with Gasteiger partial charge in [-0.1, -0.05) is 0 Å². The zero-order valence-electron chi connectivity index (χ0n) is 40.8. The van der Waals surface area contributed by atoms with Crippen molar-refractivity contribution in [3.8, 4) is 11.5 Å². The summed E-state index contributed by atoms with van der Waals surface area (Å²) < 4.78 is 225. The van der Waals surface area contributed by atoms with Gasteiger partial charge in [0, 0.05) is 33.9 Å². The number of anilines is 1. The van der Waals surface area contributed by atoms with Gasteiger partial charge in [0.05, 0.1) is 52.2 Å². The number of hydrogen-bond acceptors (Lipinski definition) is 30. The zero-order chi connectivity index (χ0) is 61.9. The maximum Gasteiger partial charge on any atom is 0.425 e. The van der Waals surface area contributed by atoms with E-state index >= 15 is 0 Å². The highest BCUT2D eigenvalue weighted by Crippen LogP contribution is 2.50. The van der Waals surface area contributed by atoms with Crippen molar-refractivity contribution in [3.05, 3.63) is 113 Å². The van der Waals surface area contributed by atoms with E-state index in [-0.39, 0.29) is 22.0 Å². The SMILES string of the molecule is COS(=O)(=O)c1cc2c(S(=O)(=O)O)c(N=Nc3cc(S(=O)(=O)OC)c4cc(CS(=O)(=O)O)c(N=Nc5ccc([N+](=O)[O-])cc5S(=O)(=O)O)c(O)c4c3N)ccc2c(O)c1N=Nc1ccc(N=Nc2ccc(S(=O)(=O)O)cc2)cc1.O=S(=O)=O. The van der Waals surface area contributed by atoms with Crippen LogP contribution in [0.25, 0.3) is 21.5 Å². The molecular weight excluding hydrogens is 1260 g/mol. The summed E-state index contributed by atoms with van der Waals surface area (Å²) in [6.07, 6.45) is 0. The second-order valence-corrected chi connectivity index (χ2v) is 25.3. The van der Waals surface area contributed by atoms with E-state index in [1.807, 2.05) is 0 Å². The predicted octanol–water partition coefficient (Wildman–Crippen LogP) is 7.35. The van der Waals surface area contributed by atoms with Gasteiger partial charge in [-0.15, -0.1) is 38.2 Å². The highest BCUT2D eigenvalue weighted by atomic mass is 32.2. The number of nitro groups is 1. The lowest BCUT2D eigenvalue weighted by molar-refractivity contribution is -0.385. The molecular formula is C41H32N10O25S7. The number of non-ortho nitro benzene ring substituents is 1. The standard InChI is InChI=1S/C41H32N10O22S6.O3S/c1-72-78(68,69)32-18-31(36(42)35-28(32)15-20(19-74(56,57)58)37(40(35)53)49-46-29-13-9-24(51(54)55)16-33(29)76(62,63)64)48-47-30-14-12-26-27(41(30)77(65,66)67)17-34(79(70,71)73-2)38(39(26)52)50-45-22-5-3-21(4-6-22)43-44-23-7-10-25(11-8-23)75(59,60)61;1-4(2)3/h3-18,52-53H,19,42H2,1-2H3,(H,56,57,58)(H,59,60,61)(H,62,63,64)(H,65,66,67);. The van der Waals surface area contributed by atoms with Gasteiger partial charge in [0.2, 0.25) is 0 Å². The largest absolute Gasteiger partial charge is 0.505 e. The number of azo groups is 4. The van der Waals surface area contributed by atoms with Crippen LogP contribution >= 0.6 is 0 Å². The van der Waals surface area contributed by atoms with Gasteiger partial charge in [-0.3, -0.25) is 36.7 Å². The summed E-state index contributed by atoms with van der Waals surface area (Å²) in [5.74, 6) is -3.79. The molecule has 83 heavy (non-hydrogen) atoms. The van der Waals surface area contributed by atoms with Crippen LogP contribution in [0.2, 0.25) is 0 Å². The van der Waals surface area contributed by atoms with Crippen LogP contribution in [0.4, 0.5) is 56.9 Å². The van der Waals surface area contributed by atoms with E-state index in [0.29, 0.717) is 44.6 Å². The first kappa shape index (κ1) is 63.5. The van der Waals surface area contributed by atoms with Crippen LogP contribution in [0.1, 0.15) is 5.56 Å². The third-order valence-corrected chi connectivity index (χ3v) is 16.6. The molecule has 0 heterocycles. The highest BCUT2D eigenvalue weighted by molar-refractivity contribution is 7.87. The molecule has 0 aromatic heterocycles. The minimum Gasteiger partial charge on any atom is -0.505 e. The van der Waals surface area contributed by atoms with E-state index in [9.17, 15) is 84.5 Å². The van der Waals surface area contributed by atoms with Crippen molar-refractivity contribution in [2.24, 2.45) is 40.9 Å². The summed E-state index contributed by atoms with van der Waals surface area (Å²) in [5, 5.41) is 62.4. The molecule has 0 unspecified atom stereocenters. The lowest BCUT2D eigenvalue weighted by Crippen LogP contribution is -2.07. The average molecular weight is 1290 g/mol. The Morgan fingerprint density at radius 1 is 0.518 bits per heavy atom. The smallest absolute Gasteiger partial charge is 0.425 e. The molecule has 8 N–H and O–H groups in total. The predicted molar refractivity (Wildman–Crippen MR) is 281 cm³/mol. The Morgan fingerprint density at radius 2 is 1.00 bits per heavy atom. The first-order valence-electron chi connectivity index (χ1n) is 21.2. The summed E-state index contributed by atoms with van der Waals surface area (Å²) in [5.41, 5.74) is 0.139. The second-order valence-electron chi connectivity index (χ2n) is 15.9. The number of nitrogen functional groups attached to an aromatic ring is 1. The van der Waals surface area contributed by atoms with Gasteiger partial charge in [0.1, 0.15) is 53.8 Å². The van der Waals surface area contributed by atoms with Crippen molar-refractivity contribution >= 4 is 150 Å². The van der Waals surface area contributed by atoms with Crippen LogP contribution in [0.5, 0.6) is 11.5 Å². The fraction of sp³-hybridized carbons (Fsp3) is 0.0732. The number of nitrogens with zero attached hydrogens (tertiary/aromatic N) is 9. The molecule has 0 bridgehead atoms. The molecule has 35 nitrogen and oxygen atoms in total. The second kappa shape index (κ2) is 24.0. The summed E-state index contributed by atoms with van der Waals surface area (Å²) in [6.45, 7) is 0. The Kier molecular flexibility index (Phi) is 18.4. The fourth-order valence-electron chi connectivity index (χ4n) is 7.10. The number of nitro benzene ring substituents is 1. The maximum absolute atomic E-state index is 13.4. The van der Waals surface area contributed by atoms with Crippen molar-refractivity contribution in [2.45, 2.75) is 30.2 Å². The molecule has 0 fully saturated rings. The molecule has 7 aromatic rings. The van der Waals surface area contributed by atoms with Crippen molar-refractivity contribution in [3.63, 3.8) is 0 Å². The molecule has 0 aliphatic rings. The zero-order valence-corrected chi connectivity index (χ0v) is 46.6. The third-order valence-electron chi connectivity index (χ3n) is 10.7. The number of phenolic OH excluding ortho intramolecular Hbond substituents is 2. The number of benzene rings is 7. The van der Waals surface area contributed by atoms with Crippen molar-refractivity contribution in [1.82, 2.24) is 0 Å². The molecule has 0 aliphatic heterocycles. The number of hydrogen-bond donors (Lipinski definition) is 7. The van der Waals surface area contributed by atoms with Crippen LogP contribution in [0.15, 0.2) is 162 Å². The Hall–Kier alpha value is -8.66. The summed E-state index contributed by atoms with van der Waals surface area (Å²) in [4.78, 5) is 5.46. The molecule has 0 saturated heterocycles. The Balaban J connectivity index is 0.00000268. The normalized spacial score (nSPS) is 12.9.